The van der Waals surface area contributed by atoms with Gasteiger partial charge in [0.05, 0.1) is 12.7 Å². The number of ether oxygens (including phenoxy) is 1. The molecule has 1 fully saturated rings. The van der Waals surface area contributed by atoms with E-state index in [4.69, 9.17) is 15.5 Å². The second kappa shape index (κ2) is 10.8. The summed E-state index contributed by atoms with van der Waals surface area (Å²) in [6, 6.07) is 20.0. The summed E-state index contributed by atoms with van der Waals surface area (Å²) >= 11 is 0. The van der Waals surface area contributed by atoms with Gasteiger partial charge in [0, 0.05) is 30.9 Å². The number of hydrogen-bond donors (Lipinski definition) is 3. The molecular weight excluding hydrogens is 450 g/mol. The molecular formula is C29H33N5O2. The fourth-order valence-electron chi connectivity index (χ4n) is 4.94. The standard InChI is InChI=1S/C29H33N5O2/c1-36-24-13-6-10-22(17-24)26-28(32-23-11-3-2-4-12-23)34-15-7-14-25(27(34)33-26)29(35)31-19-21-9-5-8-20(16-21)18-30/h5-10,13-17,23,32H,2-4,11-12,18-19,30H2,1H3,(H,31,35). The van der Waals surface area contributed by atoms with E-state index in [0.717, 1.165) is 46.8 Å². The number of nitrogens with two attached hydrogens (primary N) is 1. The molecule has 0 bridgehead atoms. The number of imidazole rings is 1. The molecule has 1 saturated carbocycles. The van der Waals surface area contributed by atoms with Crippen LogP contribution in [0.4, 0.5) is 5.82 Å². The molecule has 7 heteroatoms. The molecule has 2 heterocycles. The number of aromatic nitrogens is 2. The molecule has 0 radical (unpaired) electrons. The van der Waals surface area contributed by atoms with Crippen molar-refractivity contribution in [1.29, 1.82) is 0 Å². The lowest BCUT2D eigenvalue weighted by molar-refractivity contribution is 0.0952. The van der Waals surface area contributed by atoms with E-state index < -0.39 is 0 Å². The molecule has 0 atom stereocenters. The van der Waals surface area contributed by atoms with Crippen molar-refractivity contribution < 1.29 is 9.53 Å². The van der Waals surface area contributed by atoms with Crippen LogP contribution >= 0.6 is 0 Å². The highest BCUT2D eigenvalue weighted by Crippen LogP contribution is 2.34. The number of nitrogens with one attached hydrogen (secondary N) is 2. The number of amides is 1. The van der Waals surface area contributed by atoms with Crippen LogP contribution in [-0.2, 0) is 13.1 Å². The van der Waals surface area contributed by atoms with Crippen LogP contribution in [0.15, 0.2) is 66.9 Å². The second-order valence-electron chi connectivity index (χ2n) is 9.34. The van der Waals surface area contributed by atoms with Gasteiger partial charge < -0.3 is 21.1 Å². The number of benzene rings is 2. The van der Waals surface area contributed by atoms with E-state index in [0.29, 0.717) is 30.3 Å². The summed E-state index contributed by atoms with van der Waals surface area (Å²) in [5, 5.41) is 6.81. The van der Waals surface area contributed by atoms with Gasteiger partial charge >= 0.3 is 0 Å². The van der Waals surface area contributed by atoms with Gasteiger partial charge in [-0.15, -0.1) is 0 Å². The summed E-state index contributed by atoms with van der Waals surface area (Å²) in [6.45, 7) is 0.892. The smallest absolute Gasteiger partial charge is 0.255 e. The molecule has 4 aromatic rings. The highest BCUT2D eigenvalue weighted by Gasteiger charge is 2.22. The van der Waals surface area contributed by atoms with Gasteiger partial charge in [0.15, 0.2) is 5.65 Å². The molecule has 0 spiro atoms. The van der Waals surface area contributed by atoms with E-state index in [1.165, 1.54) is 19.3 Å². The molecule has 1 aliphatic carbocycles. The SMILES string of the molecule is COc1cccc(-c2nc3c(C(=O)NCc4cccc(CN)c4)cccn3c2NC2CCCCC2)c1. The first-order chi connectivity index (χ1) is 17.7. The molecule has 186 valence electrons. The normalized spacial score (nSPS) is 14.1. The number of carbonyl (C=O) groups excluding carboxylic acids is 1. The van der Waals surface area contributed by atoms with Crippen LogP contribution in [0, 0.1) is 0 Å². The maximum absolute atomic E-state index is 13.3. The minimum atomic E-state index is -0.162. The molecule has 0 unspecified atom stereocenters. The Morgan fingerprint density at radius 1 is 1.06 bits per heavy atom. The molecule has 5 rings (SSSR count). The van der Waals surface area contributed by atoms with E-state index in [1.54, 1.807) is 7.11 Å². The van der Waals surface area contributed by atoms with Crippen LogP contribution in [0.1, 0.15) is 53.6 Å². The van der Waals surface area contributed by atoms with Crippen molar-refractivity contribution in [2.45, 2.75) is 51.2 Å². The van der Waals surface area contributed by atoms with E-state index >= 15 is 0 Å². The molecule has 1 aliphatic rings. The summed E-state index contributed by atoms with van der Waals surface area (Å²) in [5.41, 5.74) is 10.7. The van der Waals surface area contributed by atoms with Gasteiger partial charge in [0.25, 0.3) is 5.91 Å². The zero-order chi connectivity index (χ0) is 24.9. The summed E-state index contributed by atoms with van der Waals surface area (Å²) in [7, 11) is 1.66. The fourth-order valence-corrected chi connectivity index (χ4v) is 4.94. The van der Waals surface area contributed by atoms with Crippen LogP contribution in [0.3, 0.4) is 0 Å². The molecule has 7 nitrogen and oxygen atoms in total. The first-order valence-corrected chi connectivity index (χ1v) is 12.6. The zero-order valence-electron chi connectivity index (χ0n) is 20.7. The molecule has 2 aromatic carbocycles. The third-order valence-corrected chi connectivity index (χ3v) is 6.86. The predicted octanol–water partition coefficient (Wildman–Crippen LogP) is 5.14. The van der Waals surface area contributed by atoms with Gasteiger partial charge in [0.2, 0.25) is 0 Å². The van der Waals surface area contributed by atoms with Crippen molar-refractivity contribution in [2.75, 3.05) is 12.4 Å². The Morgan fingerprint density at radius 2 is 1.86 bits per heavy atom. The number of methoxy groups -OCH3 is 1. The Bertz CT molecular complexity index is 1360. The molecule has 4 N–H and O–H groups in total. The topological polar surface area (TPSA) is 93.7 Å². The van der Waals surface area contributed by atoms with E-state index in [9.17, 15) is 4.79 Å². The van der Waals surface area contributed by atoms with Crippen LogP contribution in [0.5, 0.6) is 5.75 Å². The Hall–Kier alpha value is -3.84. The van der Waals surface area contributed by atoms with Gasteiger partial charge in [-0.25, -0.2) is 4.98 Å². The Morgan fingerprint density at radius 3 is 2.67 bits per heavy atom. The summed E-state index contributed by atoms with van der Waals surface area (Å²) in [4.78, 5) is 18.3. The largest absolute Gasteiger partial charge is 0.497 e. The third kappa shape index (κ3) is 5.06. The van der Waals surface area contributed by atoms with Crippen LogP contribution in [0.2, 0.25) is 0 Å². The second-order valence-corrected chi connectivity index (χ2v) is 9.34. The lowest BCUT2D eigenvalue weighted by Crippen LogP contribution is -2.24. The first-order valence-electron chi connectivity index (χ1n) is 12.6. The number of pyridine rings is 1. The van der Waals surface area contributed by atoms with Crippen molar-refractivity contribution in [3.05, 3.63) is 83.6 Å². The van der Waals surface area contributed by atoms with E-state index in [1.807, 2.05) is 71.3 Å². The van der Waals surface area contributed by atoms with Gasteiger partial charge in [-0.2, -0.15) is 0 Å². The highest BCUT2D eigenvalue weighted by atomic mass is 16.5. The van der Waals surface area contributed by atoms with Gasteiger partial charge in [0.1, 0.15) is 17.3 Å². The Balaban J connectivity index is 1.51. The van der Waals surface area contributed by atoms with E-state index in [2.05, 4.69) is 10.6 Å². The van der Waals surface area contributed by atoms with Gasteiger partial charge in [-0.3, -0.25) is 9.20 Å². The summed E-state index contributed by atoms with van der Waals surface area (Å²) in [6.07, 6.45) is 7.97. The number of anilines is 1. The quantitative estimate of drug-likeness (QED) is 0.323. The van der Waals surface area contributed by atoms with Crippen molar-refractivity contribution in [3.63, 3.8) is 0 Å². The highest BCUT2D eigenvalue weighted by molar-refractivity contribution is 6.01. The van der Waals surface area contributed by atoms with Crippen molar-refractivity contribution in [2.24, 2.45) is 5.73 Å². The van der Waals surface area contributed by atoms with Crippen molar-refractivity contribution >= 4 is 17.4 Å². The van der Waals surface area contributed by atoms with Gasteiger partial charge in [-0.05, 0) is 48.2 Å². The molecule has 2 aromatic heterocycles. The number of carbonyl (C=O) groups is 1. The number of hydrogen-bond acceptors (Lipinski definition) is 5. The number of fused-ring (bicyclic) bond motifs is 1. The maximum Gasteiger partial charge on any atom is 0.255 e. The molecule has 0 aliphatic heterocycles. The van der Waals surface area contributed by atoms with Crippen molar-refractivity contribution in [3.8, 4) is 17.0 Å². The monoisotopic (exact) mass is 483 g/mol. The number of rotatable bonds is 8. The van der Waals surface area contributed by atoms with Gasteiger partial charge in [-0.1, -0.05) is 55.7 Å². The Kier molecular flexibility index (Phi) is 7.18. The van der Waals surface area contributed by atoms with Crippen molar-refractivity contribution in [1.82, 2.24) is 14.7 Å². The average molecular weight is 484 g/mol. The molecule has 0 saturated heterocycles. The average Bonchev–Trinajstić information content (AvgIpc) is 3.30. The van der Waals surface area contributed by atoms with Crippen LogP contribution in [0.25, 0.3) is 16.9 Å². The maximum atomic E-state index is 13.3. The first kappa shape index (κ1) is 23.9. The third-order valence-electron chi connectivity index (χ3n) is 6.86. The van der Waals surface area contributed by atoms with Crippen LogP contribution in [-0.4, -0.2) is 28.4 Å². The van der Waals surface area contributed by atoms with E-state index in [-0.39, 0.29) is 5.91 Å². The molecule has 36 heavy (non-hydrogen) atoms. The predicted molar refractivity (Wildman–Crippen MR) is 143 cm³/mol. The summed E-state index contributed by atoms with van der Waals surface area (Å²) in [5.74, 6) is 1.52. The Labute approximate surface area is 211 Å². The lowest BCUT2D eigenvalue weighted by Gasteiger charge is -2.24. The fraction of sp³-hybridized carbons (Fsp3) is 0.310. The lowest BCUT2D eigenvalue weighted by atomic mass is 9.95. The van der Waals surface area contributed by atoms with Crippen LogP contribution < -0.4 is 21.1 Å². The minimum absolute atomic E-state index is 0.162. The minimum Gasteiger partial charge on any atom is -0.497 e. The summed E-state index contributed by atoms with van der Waals surface area (Å²) < 4.78 is 7.47. The zero-order valence-corrected chi connectivity index (χ0v) is 20.7. The molecule has 1 amide bonds. The number of nitrogens with zero attached hydrogens (tertiary/aromatic N) is 2.